The number of carbonyl (C=O) groups is 2. The molecule has 3 atom stereocenters. The molecule has 0 heterocycles. The first-order valence-corrected chi connectivity index (χ1v) is 6.91. The van der Waals surface area contributed by atoms with E-state index in [1.807, 2.05) is 30.3 Å². The zero-order valence-electron chi connectivity index (χ0n) is 11.6. The standard InChI is InChI=1S/C15H19NO5/c17-13-7-11(14(18)19)6-12(13)8-16-15(20)21-9-10-4-2-1-3-5-10/h1-5,11-13,17H,6-9H2,(H,16,20)(H,18,19)/t11-,12+,13+/m1/s1. The van der Waals surface area contributed by atoms with Crippen molar-refractivity contribution >= 4 is 12.1 Å². The molecule has 0 radical (unpaired) electrons. The van der Waals surface area contributed by atoms with Gasteiger partial charge in [-0.25, -0.2) is 4.79 Å². The molecule has 0 aromatic heterocycles. The molecular formula is C15H19NO5. The van der Waals surface area contributed by atoms with Crippen LogP contribution in [0.25, 0.3) is 0 Å². The topological polar surface area (TPSA) is 95.9 Å². The van der Waals surface area contributed by atoms with E-state index in [0.717, 1.165) is 5.56 Å². The molecule has 6 nitrogen and oxygen atoms in total. The maximum Gasteiger partial charge on any atom is 0.407 e. The number of aliphatic carboxylic acids is 1. The van der Waals surface area contributed by atoms with E-state index in [2.05, 4.69) is 5.32 Å². The number of benzene rings is 1. The normalized spacial score (nSPS) is 24.5. The molecule has 0 aliphatic heterocycles. The Balaban J connectivity index is 1.71. The minimum absolute atomic E-state index is 0.178. The van der Waals surface area contributed by atoms with Gasteiger partial charge < -0.3 is 20.3 Å². The Hall–Kier alpha value is -2.08. The highest BCUT2D eigenvalue weighted by Crippen LogP contribution is 2.31. The number of alkyl carbamates (subject to hydrolysis) is 1. The third-order valence-corrected chi connectivity index (χ3v) is 3.73. The SMILES string of the molecule is O=C(NC[C@@H]1C[C@@H](C(=O)O)C[C@@H]1O)OCc1ccccc1. The van der Waals surface area contributed by atoms with E-state index in [9.17, 15) is 14.7 Å². The Morgan fingerprint density at radius 1 is 1.24 bits per heavy atom. The van der Waals surface area contributed by atoms with E-state index >= 15 is 0 Å². The lowest BCUT2D eigenvalue weighted by Gasteiger charge is -2.14. The minimum atomic E-state index is -0.900. The second kappa shape index (κ2) is 7.08. The third-order valence-electron chi connectivity index (χ3n) is 3.73. The Morgan fingerprint density at radius 2 is 1.95 bits per heavy atom. The first kappa shape index (κ1) is 15.3. The molecule has 0 bridgehead atoms. The van der Waals surface area contributed by atoms with E-state index in [4.69, 9.17) is 9.84 Å². The summed E-state index contributed by atoms with van der Waals surface area (Å²) in [4.78, 5) is 22.4. The average molecular weight is 293 g/mol. The summed E-state index contributed by atoms with van der Waals surface area (Å²) < 4.78 is 5.05. The summed E-state index contributed by atoms with van der Waals surface area (Å²) in [7, 11) is 0. The Bertz CT molecular complexity index is 490. The van der Waals surface area contributed by atoms with Crippen LogP contribution in [0.1, 0.15) is 18.4 Å². The van der Waals surface area contributed by atoms with Crippen LogP contribution in [0.3, 0.4) is 0 Å². The lowest BCUT2D eigenvalue weighted by Crippen LogP contribution is -2.32. The van der Waals surface area contributed by atoms with E-state index < -0.39 is 24.1 Å². The summed E-state index contributed by atoms with van der Waals surface area (Å²) >= 11 is 0. The van der Waals surface area contributed by atoms with Gasteiger partial charge in [-0.15, -0.1) is 0 Å². The predicted octanol–water partition coefficient (Wildman–Crippen LogP) is 1.38. The number of carboxylic acid groups (broad SMARTS) is 1. The van der Waals surface area contributed by atoms with Gasteiger partial charge in [0.05, 0.1) is 12.0 Å². The van der Waals surface area contributed by atoms with E-state index in [1.54, 1.807) is 0 Å². The molecule has 0 unspecified atom stereocenters. The van der Waals surface area contributed by atoms with Crippen molar-refractivity contribution in [3.05, 3.63) is 35.9 Å². The zero-order valence-corrected chi connectivity index (χ0v) is 11.6. The highest BCUT2D eigenvalue weighted by molar-refractivity contribution is 5.70. The molecule has 0 saturated heterocycles. The Kier molecular flexibility index (Phi) is 5.16. The zero-order chi connectivity index (χ0) is 15.2. The number of aliphatic hydroxyl groups excluding tert-OH is 1. The number of aliphatic hydroxyl groups is 1. The molecule has 1 fully saturated rings. The van der Waals surface area contributed by atoms with Crippen LogP contribution in [0.4, 0.5) is 4.79 Å². The molecule has 3 N–H and O–H groups in total. The number of carbonyl (C=O) groups excluding carboxylic acids is 1. The second-order valence-corrected chi connectivity index (χ2v) is 5.28. The largest absolute Gasteiger partial charge is 0.481 e. The van der Waals surface area contributed by atoms with Crippen LogP contribution in [-0.2, 0) is 16.1 Å². The van der Waals surface area contributed by atoms with Gasteiger partial charge >= 0.3 is 12.1 Å². The molecular weight excluding hydrogens is 274 g/mol. The number of hydrogen-bond donors (Lipinski definition) is 3. The van der Waals surface area contributed by atoms with Crippen molar-refractivity contribution < 1.29 is 24.5 Å². The summed E-state index contributed by atoms with van der Waals surface area (Å²) in [5.41, 5.74) is 0.888. The van der Waals surface area contributed by atoms with Gasteiger partial charge in [0.1, 0.15) is 6.61 Å². The molecule has 1 aromatic rings. The van der Waals surface area contributed by atoms with Crippen LogP contribution in [-0.4, -0.2) is 34.9 Å². The van der Waals surface area contributed by atoms with Crippen LogP contribution in [0.2, 0.25) is 0 Å². The van der Waals surface area contributed by atoms with Crippen molar-refractivity contribution in [3.8, 4) is 0 Å². The van der Waals surface area contributed by atoms with Crippen LogP contribution in [0.15, 0.2) is 30.3 Å². The van der Waals surface area contributed by atoms with Crippen LogP contribution >= 0.6 is 0 Å². The Labute approximate surface area is 122 Å². The highest BCUT2D eigenvalue weighted by atomic mass is 16.5. The number of hydrogen-bond acceptors (Lipinski definition) is 4. The van der Waals surface area contributed by atoms with E-state index in [1.165, 1.54) is 0 Å². The predicted molar refractivity (Wildman–Crippen MR) is 74.5 cm³/mol. The molecule has 0 spiro atoms. The fourth-order valence-electron chi connectivity index (χ4n) is 2.51. The smallest absolute Gasteiger partial charge is 0.407 e. The number of rotatable bonds is 5. The van der Waals surface area contributed by atoms with Crippen molar-refractivity contribution in [2.75, 3.05) is 6.54 Å². The van der Waals surface area contributed by atoms with Gasteiger partial charge in [0.15, 0.2) is 0 Å². The fourth-order valence-corrected chi connectivity index (χ4v) is 2.51. The van der Waals surface area contributed by atoms with Crippen molar-refractivity contribution in [1.29, 1.82) is 0 Å². The maximum absolute atomic E-state index is 11.6. The summed E-state index contributed by atoms with van der Waals surface area (Å²) in [6.07, 6.45) is -0.652. The molecule has 21 heavy (non-hydrogen) atoms. The summed E-state index contributed by atoms with van der Waals surface area (Å²) in [5.74, 6) is -1.68. The van der Waals surface area contributed by atoms with Crippen LogP contribution < -0.4 is 5.32 Å². The summed E-state index contributed by atoms with van der Waals surface area (Å²) in [5, 5.41) is 21.3. The Morgan fingerprint density at radius 3 is 2.57 bits per heavy atom. The molecule has 2 rings (SSSR count). The van der Waals surface area contributed by atoms with E-state index in [0.29, 0.717) is 6.42 Å². The lowest BCUT2D eigenvalue weighted by molar-refractivity contribution is -0.141. The van der Waals surface area contributed by atoms with E-state index in [-0.39, 0.29) is 25.5 Å². The highest BCUT2D eigenvalue weighted by Gasteiger charge is 2.36. The van der Waals surface area contributed by atoms with Crippen LogP contribution in [0, 0.1) is 11.8 Å². The van der Waals surface area contributed by atoms with Gasteiger partial charge in [-0.2, -0.15) is 0 Å². The van der Waals surface area contributed by atoms with Gasteiger partial charge in [0.25, 0.3) is 0 Å². The number of ether oxygens (including phenoxy) is 1. The van der Waals surface area contributed by atoms with Crippen molar-refractivity contribution in [2.45, 2.75) is 25.6 Å². The third kappa shape index (κ3) is 4.46. The maximum atomic E-state index is 11.6. The van der Waals surface area contributed by atoms with Crippen LogP contribution in [0.5, 0.6) is 0 Å². The number of carboxylic acids is 1. The van der Waals surface area contributed by atoms with Gasteiger partial charge in [0, 0.05) is 12.5 Å². The molecule has 1 aromatic carbocycles. The number of amides is 1. The summed E-state index contributed by atoms with van der Waals surface area (Å²) in [6.45, 7) is 0.399. The fraction of sp³-hybridized carbons (Fsp3) is 0.467. The molecule has 1 amide bonds. The lowest BCUT2D eigenvalue weighted by atomic mass is 10.0. The monoisotopic (exact) mass is 293 g/mol. The van der Waals surface area contributed by atoms with Gasteiger partial charge in [-0.1, -0.05) is 30.3 Å². The first-order valence-electron chi connectivity index (χ1n) is 6.91. The van der Waals surface area contributed by atoms with Gasteiger partial charge in [0.2, 0.25) is 0 Å². The summed E-state index contributed by atoms with van der Waals surface area (Å²) in [6, 6.07) is 9.30. The van der Waals surface area contributed by atoms with Crippen molar-refractivity contribution in [2.24, 2.45) is 11.8 Å². The first-order chi connectivity index (χ1) is 10.1. The second-order valence-electron chi connectivity index (χ2n) is 5.28. The van der Waals surface area contributed by atoms with Crippen molar-refractivity contribution in [1.82, 2.24) is 5.32 Å². The van der Waals surface area contributed by atoms with Gasteiger partial charge in [-0.05, 0) is 18.4 Å². The molecule has 1 saturated carbocycles. The van der Waals surface area contributed by atoms with Gasteiger partial charge in [-0.3, -0.25) is 4.79 Å². The molecule has 1 aliphatic carbocycles. The minimum Gasteiger partial charge on any atom is -0.481 e. The quantitative estimate of drug-likeness (QED) is 0.762. The molecule has 6 heteroatoms. The van der Waals surface area contributed by atoms with Crippen molar-refractivity contribution in [3.63, 3.8) is 0 Å². The average Bonchev–Trinajstić information content (AvgIpc) is 2.85. The molecule has 114 valence electrons. The number of nitrogens with one attached hydrogen (secondary N) is 1. The molecule has 1 aliphatic rings.